The van der Waals surface area contributed by atoms with Gasteiger partial charge in [-0.05, 0) is 31.7 Å². The van der Waals surface area contributed by atoms with Crippen molar-refractivity contribution in [3.63, 3.8) is 0 Å². The van der Waals surface area contributed by atoms with Crippen molar-refractivity contribution < 1.29 is 4.79 Å². The topological polar surface area (TPSA) is 46.3 Å². The van der Waals surface area contributed by atoms with Crippen molar-refractivity contribution in [1.29, 1.82) is 0 Å². The van der Waals surface area contributed by atoms with Gasteiger partial charge in [0.15, 0.2) is 0 Å². The van der Waals surface area contributed by atoms with E-state index in [1.807, 2.05) is 6.07 Å². The van der Waals surface area contributed by atoms with E-state index in [2.05, 4.69) is 36.1 Å². The number of nitrogens with two attached hydrogens (primary N) is 1. The zero-order valence-corrected chi connectivity index (χ0v) is 12.9. The minimum absolute atomic E-state index is 0.264. The highest BCUT2D eigenvalue weighted by Gasteiger charge is 2.45. The molecule has 1 aromatic carbocycles. The van der Waals surface area contributed by atoms with Crippen molar-refractivity contribution in [2.45, 2.75) is 51.0 Å². The Hall–Kier alpha value is -1.35. The molecule has 2 N–H and O–H groups in total. The molecular formula is C18H26N2O. The molecule has 2 atom stereocenters. The van der Waals surface area contributed by atoms with Gasteiger partial charge >= 0.3 is 0 Å². The summed E-state index contributed by atoms with van der Waals surface area (Å²) in [5, 5.41) is 0. The maximum Gasteiger partial charge on any atom is 0.230 e. The first-order chi connectivity index (χ1) is 10.2. The fraction of sp³-hybridized carbons (Fsp3) is 0.611. The Kier molecular flexibility index (Phi) is 4.03. The predicted molar refractivity (Wildman–Crippen MR) is 84.9 cm³/mol. The molecule has 0 radical (unpaired) electrons. The van der Waals surface area contributed by atoms with Crippen LogP contribution in [0.1, 0.15) is 50.5 Å². The van der Waals surface area contributed by atoms with Crippen LogP contribution >= 0.6 is 0 Å². The van der Waals surface area contributed by atoms with Crippen LogP contribution in [0.3, 0.4) is 0 Å². The summed E-state index contributed by atoms with van der Waals surface area (Å²) in [6.07, 6.45) is 5.31. The van der Waals surface area contributed by atoms with Crippen LogP contribution in [-0.4, -0.2) is 29.9 Å². The minimum Gasteiger partial charge on any atom is -0.339 e. The second-order valence-corrected chi connectivity index (χ2v) is 6.84. The van der Waals surface area contributed by atoms with E-state index >= 15 is 0 Å². The Morgan fingerprint density at radius 1 is 1.29 bits per heavy atom. The van der Waals surface area contributed by atoms with Crippen molar-refractivity contribution in [2.75, 3.05) is 13.1 Å². The van der Waals surface area contributed by atoms with Crippen molar-refractivity contribution >= 4 is 5.91 Å². The van der Waals surface area contributed by atoms with Gasteiger partial charge in [-0.25, -0.2) is 0 Å². The van der Waals surface area contributed by atoms with Crippen LogP contribution in [-0.2, 0) is 4.79 Å². The number of hydrogen-bond acceptors (Lipinski definition) is 2. The zero-order valence-electron chi connectivity index (χ0n) is 12.9. The average Bonchev–Trinajstić information content (AvgIpc) is 3.15. The van der Waals surface area contributed by atoms with Gasteiger partial charge in [0, 0.05) is 25.0 Å². The van der Waals surface area contributed by atoms with Gasteiger partial charge in [0.25, 0.3) is 0 Å². The SMILES string of the molecule is C[C@H]1C[C@@H](c2ccccc2)CN1C(=O)C1(CN)CCCC1. The minimum atomic E-state index is -0.264. The summed E-state index contributed by atoms with van der Waals surface area (Å²) in [6, 6.07) is 10.9. The first kappa shape index (κ1) is 14.6. The second kappa shape index (κ2) is 5.80. The number of likely N-dealkylation sites (tertiary alicyclic amines) is 1. The molecule has 1 saturated heterocycles. The van der Waals surface area contributed by atoms with Gasteiger partial charge in [0.2, 0.25) is 5.91 Å². The van der Waals surface area contributed by atoms with Gasteiger partial charge < -0.3 is 10.6 Å². The Bertz CT molecular complexity index is 493. The molecule has 1 saturated carbocycles. The Morgan fingerprint density at radius 2 is 1.95 bits per heavy atom. The van der Waals surface area contributed by atoms with E-state index in [1.54, 1.807) is 0 Å². The summed E-state index contributed by atoms with van der Waals surface area (Å²) in [5.41, 5.74) is 7.07. The largest absolute Gasteiger partial charge is 0.339 e. The number of amides is 1. The molecule has 1 aromatic rings. The third kappa shape index (κ3) is 2.59. The molecule has 3 rings (SSSR count). The molecule has 0 spiro atoms. The Morgan fingerprint density at radius 3 is 2.57 bits per heavy atom. The summed E-state index contributed by atoms with van der Waals surface area (Å²) in [4.78, 5) is 15.1. The van der Waals surface area contributed by atoms with E-state index in [4.69, 9.17) is 5.73 Å². The van der Waals surface area contributed by atoms with Gasteiger partial charge in [0.1, 0.15) is 0 Å². The maximum absolute atomic E-state index is 13.0. The smallest absolute Gasteiger partial charge is 0.230 e. The van der Waals surface area contributed by atoms with Gasteiger partial charge in [0.05, 0.1) is 5.41 Å². The van der Waals surface area contributed by atoms with E-state index in [0.717, 1.165) is 38.6 Å². The molecule has 3 heteroatoms. The lowest BCUT2D eigenvalue weighted by molar-refractivity contribution is -0.142. The predicted octanol–water partition coefficient (Wildman–Crippen LogP) is 2.91. The summed E-state index contributed by atoms with van der Waals surface area (Å²) < 4.78 is 0. The lowest BCUT2D eigenvalue weighted by Crippen LogP contribution is -2.47. The van der Waals surface area contributed by atoms with Crippen molar-refractivity contribution in [1.82, 2.24) is 4.90 Å². The van der Waals surface area contributed by atoms with Crippen LogP contribution in [0.15, 0.2) is 30.3 Å². The fourth-order valence-corrected chi connectivity index (χ4v) is 4.14. The van der Waals surface area contributed by atoms with Gasteiger partial charge in [-0.1, -0.05) is 43.2 Å². The third-order valence-corrected chi connectivity index (χ3v) is 5.51. The quantitative estimate of drug-likeness (QED) is 0.928. The van der Waals surface area contributed by atoms with Gasteiger partial charge in [-0.3, -0.25) is 4.79 Å². The average molecular weight is 286 g/mol. The maximum atomic E-state index is 13.0. The number of rotatable bonds is 3. The number of carbonyl (C=O) groups is 1. The molecule has 21 heavy (non-hydrogen) atoms. The Labute approximate surface area is 127 Å². The number of carbonyl (C=O) groups excluding carboxylic acids is 1. The lowest BCUT2D eigenvalue weighted by atomic mass is 9.84. The molecule has 114 valence electrons. The molecule has 0 bridgehead atoms. The molecule has 1 aliphatic heterocycles. The van der Waals surface area contributed by atoms with Crippen molar-refractivity contribution in [3.05, 3.63) is 35.9 Å². The number of nitrogens with zero attached hydrogens (tertiary/aromatic N) is 1. The first-order valence-corrected chi connectivity index (χ1v) is 8.22. The van der Waals surface area contributed by atoms with E-state index < -0.39 is 0 Å². The normalized spacial score (nSPS) is 28.0. The third-order valence-electron chi connectivity index (χ3n) is 5.51. The highest BCUT2D eigenvalue weighted by molar-refractivity contribution is 5.84. The molecule has 0 aromatic heterocycles. The summed E-state index contributed by atoms with van der Waals surface area (Å²) in [6.45, 7) is 3.54. The summed E-state index contributed by atoms with van der Waals surface area (Å²) in [5.74, 6) is 0.787. The van der Waals surface area contributed by atoms with Gasteiger partial charge in [-0.2, -0.15) is 0 Å². The van der Waals surface area contributed by atoms with Gasteiger partial charge in [-0.15, -0.1) is 0 Å². The number of hydrogen-bond donors (Lipinski definition) is 1. The van der Waals surface area contributed by atoms with E-state index in [9.17, 15) is 4.79 Å². The van der Waals surface area contributed by atoms with Crippen LogP contribution in [0.4, 0.5) is 0 Å². The highest BCUT2D eigenvalue weighted by Crippen LogP contribution is 2.42. The second-order valence-electron chi connectivity index (χ2n) is 6.84. The molecule has 3 nitrogen and oxygen atoms in total. The number of benzene rings is 1. The Balaban J connectivity index is 1.76. The van der Waals surface area contributed by atoms with Crippen molar-refractivity contribution in [2.24, 2.45) is 11.1 Å². The van der Waals surface area contributed by atoms with E-state index in [1.165, 1.54) is 5.56 Å². The highest BCUT2D eigenvalue weighted by atomic mass is 16.2. The molecule has 0 unspecified atom stereocenters. The lowest BCUT2D eigenvalue weighted by Gasteiger charge is -2.33. The summed E-state index contributed by atoms with van der Waals surface area (Å²) in [7, 11) is 0. The molecular weight excluding hydrogens is 260 g/mol. The van der Waals surface area contributed by atoms with E-state index in [-0.39, 0.29) is 5.41 Å². The standard InChI is InChI=1S/C18H26N2O/c1-14-11-16(15-7-3-2-4-8-15)12-20(14)17(21)18(13-19)9-5-6-10-18/h2-4,7-8,14,16H,5-6,9-13,19H2,1H3/t14-,16+/m0/s1. The zero-order chi connectivity index (χ0) is 14.9. The molecule has 1 amide bonds. The van der Waals surface area contributed by atoms with Crippen LogP contribution in [0, 0.1) is 5.41 Å². The van der Waals surface area contributed by atoms with Crippen LogP contribution < -0.4 is 5.73 Å². The molecule has 2 fully saturated rings. The molecule has 2 aliphatic rings. The fourth-order valence-electron chi connectivity index (χ4n) is 4.14. The van der Waals surface area contributed by atoms with Crippen molar-refractivity contribution in [3.8, 4) is 0 Å². The molecule has 1 heterocycles. The molecule has 1 aliphatic carbocycles. The van der Waals surface area contributed by atoms with E-state index in [0.29, 0.717) is 24.4 Å². The monoisotopic (exact) mass is 286 g/mol. The summed E-state index contributed by atoms with van der Waals surface area (Å²) >= 11 is 0. The van der Waals surface area contributed by atoms with Crippen LogP contribution in [0.5, 0.6) is 0 Å². The van der Waals surface area contributed by atoms with Crippen LogP contribution in [0.2, 0.25) is 0 Å². The van der Waals surface area contributed by atoms with Crippen LogP contribution in [0.25, 0.3) is 0 Å². The first-order valence-electron chi connectivity index (χ1n) is 8.22.